The predicted octanol–water partition coefficient (Wildman–Crippen LogP) is 5.22. The molecule has 0 fully saturated rings. The number of pyridine rings is 1. The normalized spacial score (nSPS) is 16.2. The van der Waals surface area contributed by atoms with E-state index < -0.39 is 0 Å². The van der Waals surface area contributed by atoms with Crippen LogP contribution in [0, 0.1) is 0 Å². The number of nitrogens with zero attached hydrogens (tertiary/aromatic N) is 2. The second kappa shape index (κ2) is 6.67. The zero-order valence-electron chi connectivity index (χ0n) is 12.9. The maximum atomic E-state index is 12.8. The fourth-order valence-electron chi connectivity index (χ4n) is 2.86. The second-order valence-corrected chi connectivity index (χ2v) is 7.47. The van der Waals surface area contributed by atoms with Gasteiger partial charge in [-0.3, -0.25) is 9.78 Å². The molecule has 7 heteroatoms. The minimum absolute atomic E-state index is 0.0333. The van der Waals surface area contributed by atoms with E-state index in [0.29, 0.717) is 22.2 Å². The summed E-state index contributed by atoms with van der Waals surface area (Å²) in [7, 11) is 0. The van der Waals surface area contributed by atoms with Gasteiger partial charge in [-0.1, -0.05) is 29.3 Å². The molecule has 0 bridgehead atoms. The molecular weight excluding hydrogens is 377 g/mol. The van der Waals surface area contributed by atoms with Gasteiger partial charge < -0.3 is 10.2 Å². The number of anilines is 1. The number of benzene rings is 1. The summed E-state index contributed by atoms with van der Waals surface area (Å²) in [5.74, 6) is -0.0333. The van der Waals surface area contributed by atoms with Crippen LogP contribution in [-0.2, 0) is 6.54 Å². The molecule has 1 aliphatic rings. The van der Waals surface area contributed by atoms with E-state index in [1.165, 1.54) is 0 Å². The van der Waals surface area contributed by atoms with Crippen LogP contribution in [0.15, 0.2) is 54.0 Å². The lowest BCUT2D eigenvalue weighted by Crippen LogP contribution is -2.31. The summed E-state index contributed by atoms with van der Waals surface area (Å²) < 4.78 is 0. The van der Waals surface area contributed by atoms with Crippen molar-refractivity contribution in [2.24, 2.45) is 0 Å². The highest BCUT2D eigenvalue weighted by atomic mass is 35.5. The van der Waals surface area contributed by atoms with E-state index in [9.17, 15) is 4.79 Å². The van der Waals surface area contributed by atoms with Crippen LogP contribution in [0.1, 0.15) is 27.1 Å². The van der Waals surface area contributed by atoms with Crippen molar-refractivity contribution in [1.82, 2.24) is 9.88 Å². The Kier molecular flexibility index (Phi) is 4.37. The summed E-state index contributed by atoms with van der Waals surface area (Å²) in [6, 6.07) is 12.9. The first-order chi connectivity index (χ1) is 12.1. The molecule has 0 radical (unpaired) electrons. The first kappa shape index (κ1) is 16.4. The third kappa shape index (κ3) is 3.11. The summed E-state index contributed by atoms with van der Waals surface area (Å²) >= 11 is 13.7. The number of amides is 1. The maximum Gasteiger partial charge on any atom is 0.258 e. The number of carbonyl (C=O) groups is 1. The van der Waals surface area contributed by atoms with Crippen molar-refractivity contribution in [3.8, 4) is 0 Å². The third-order valence-electron chi connectivity index (χ3n) is 4.03. The third-order valence-corrected chi connectivity index (χ3v) is 5.63. The highest BCUT2D eigenvalue weighted by Gasteiger charge is 2.38. The molecule has 126 valence electrons. The lowest BCUT2D eigenvalue weighted by atomic mass is 10.2. The minimum atomic E-state index is -0.358. The molecule has 2 aromatic heterocycles. The molecule has 0 saturated heterocycles. The van der Waals surface area contributed by atoms with E-state index in [0.717, 1.165) is 16.3 Å². The number of carbonyl (C=O) groups excluding carboxylic acids is 1. The first-order valence-corrected chi connectivity index (χ1v) is 9.27. The number of thiophene rings is 1. The highest BCUT2D eigenvalue weighted by Crippen LogP contribution is 2.35. The summed E-state index contributed by atoms with van der Waals surface area (Å²) in [5, 5.41) is 6.31. The van der Waals surface area contributed by atoms with Crippen LogP contribution in [0.3, 0.4) is 0 Å². The summed E-state index contributed by atoms with van der Waals surface area (Å²) in [5.41, 5.74) is 2.12. The van der Waals surface area contributed by atoms with Crippen molar-refractivity contribution in [3.05, 3.63) is 80.2 Å². The Balaban J connectivity index is 1.70. The first-order valence-electron chi connectivity index (χ1n) is 7.63. The van der Waals surface area contributed by atoms with Gasteiger partial charge in [-0.2, -0.15) is 0 Å². The van der Waals surface area contributed by atoms with Gasteiger partial charge in [-0.25, -0.2) is 0 Å². The fraction of sp³-hybridized carbons (Fsp3) is 0.111. The number of rotatable bonds is 4. The molecule has 4 rings (SSSR count). The van der Waals surface area contributed by atoms with Gasteiger partial charge in [0, 0.05) is 16.8 Å². The van der Waals surface area contributed by atoms with Crippen molar-refractivity contribution in [2.45, 2.75) is 12.7 Å². The largest absolute Gasteiger partial charge is 0.360 e. The monoisotopic (exact) mass is 389 g/mol. The van der Waals surface area contributed by atoms with Crippen molar-refractivity contribution in [1.29, 1.82) is 0 Å². The van der Waals surface area contributed by atoms with E-state index in [-0.39, 0.29) is 12.1 Å². The second-order valence-electron chi connectivity index (χ2n) is 5.62. The zero-order chi connectivity index (χ0) is 17.4. The lowest BCUT2D eigenvalue weighted by Gasteiger charge is -2.26. The van der Waals surface area contributed by atoms with Gasteiger partial charge in [0.25, 0.3) is 5.91 Å². The summed E-state index contributed by atoms with van der Waals surface area (Å²) in [6.45, 7) is 0.520. The van der Waals surface area contributed by atoms with Crippen molar-refractivity contribution in [2.75, 3.05) is 5.32 Å². The summed E-state index contributed by atoms with van der Waals surface area (Å²) in [6.07, 6.45) is 1.34. The zero-order valence-corrected chi connectivity index (χ0v) is 15.3. The Labute approximate surface area is 159 Å². The van der Waals surface area contributed by atoms with Gasteiger partial charge in [-0.05, 0) is 41.8 Å². The van der Waals surface area contributed by atoms with Crippen molar-refractivity contribution in [3.63, 3.8) is 0 Å². The van der Waals surface area contributed by atoms with Gasteiger partial charge >= 0.3 is 0 Å². The molecule has 1 N–H and O–H groups in total. The fourth-order valence-corrected chi connectivity index (χ4v) is 3.86. The van der Waals surface area contributed by atoms with Crippen LogP contribution in [0.2, 0.25) is 10.0 Å². The van der Waals surface area contributed by atoms with Crippen molar-refractivity contribution >= 4 is 46.1 Å². The van der Waals surface area contributed by atoms with Gasteiger partial charge in [-0.15, -0.1) is 11.3 Å². The lowest BCUT2D eigenvalue weighted by molar-refractivity contribution is 0.0729. The van der Waals surface area contributed by atoms with E-state index in [2.05, 4.69) is 10.3 Å². The topological polar surface area (TPSA) is 45.2 Å². The van der Waals surface area contributed by atoms with Crippen LogP contribution >= 0.6 is 34.5 Å². The molecule has 4 nitrogen and oxygen atoms in total. The number of halogens is 2. The number of hydrogen-bond donors (Lipinski definition) is 1. The Morgan fingerprint density at radius 3 is 2.80 bits per heavy atom. The van der Waals surface area contributed by atoms with Crippen molar-refractivity contribution < 1.29 is 4.79 Å². The SMILES string of the molecule is O=C1c2cccnc2[C@@H](Nc2ccc(Cl)c(Cl)c2)N1Cc1cccs1. The molecule has 0 unspecified atom stereocenters. The Morgan fingerprint density at radius 2 is 2.04 bits per heavy atom. The number of nitrogens with one attached hydrogen (secondary N) is 1. The average Bonchev–Trinajstić information content (AvgIpc) is 3.21. The molecule has 0 aliphatic carbocycles. The smallest absolute Gasteiger partial charge is 0.258 e. The van der Waals surface area contributed by atoms with Crippen LogP contribution in [0.25, 0.3) is 0 Å². The average molecular weight is 390 g/mol. The van der Waals surface area contributed by atoms with E-state index in [1.54, 1.807) is 40.6 Å². The van der Waals surface area contributed by atoms with E-state index in [4.69, 9.17) is 23.2 Å². The number of hydrogen-bond acceptors (Lipinski definition) is 4. The predicted molar refractivity (Wildman–Crippen MR) is 101 cm³/mol. The number of fused-ring (bicyclic) bond motifs is 1. The van der Waals surface area contributed by atoms with Crippen LogP contribution in [0.4, 0.5) is 5.69 Å². The molecule has 1 amide bonds. The summed E-state index contributed by atoms with van der Waals surface area (Å²) in [4.78, 5) is 20.2. The molecule has 3 aromatic rings. The molecule has 0 saturated carbocycles. The van der Waals surface area contributed by atoms with E-state index >= 15 is 0 Å². The number of aromatic nitrogens is 1. The Bertz CT molecular complexity index is 930. The maximum absolute atomic E-state index is 12.8. The molecular formula is C18H13Cl2N3OS. The Morgan fingerprint density at radius 1 is 1.16 bits per heavy atom. The Hall–Kier alpha value is -2.08. The molecule has 1 aliphatic heterocycles. The molecule has 3 heterocycles. The minimum Gasteiger partial charge on any atom is -0.360 e. The van der Waals surface area contributed by atoms with Crippen LogP contribution in [-0.4, -0.2) is 15.8 Å². The molecule has 1 aromatic carbocycles. The van der Waals surface area contributed by atoms with Gasteiger partial charge in [0.1, 0.15) is 6.17 Å². The molecule has 25 heavy (non-hydrogen) atoms. The molecule has 0 spiro atoms. The quantitative estimate of drug-likeness (QED) is 0.665. The van der Waals surface area contributed by atoms with Gasteiger partial charge in [0.05, 0.1) is 27.8 Å². The van der Waals surface area contributed by atoms with Gasteiger partial charge in [0.15, 0.2) is 0 Å². The molecule has 1 atom stereocenters. The standard InChI is InChI=1S/C18H13Cl2N3OS/c19-14-6-5-11(9-15(14)20)22-17-16-13(4-1-7-21-16)18(24)23(17)10-12-3-2-8-25-12/h1-9,17,22H,10H2/t17-/m0/s1. The van der Waals surface area contributed by atoms with Gasteiger partial charge in [0.2, 0.25) is 0 Å². The van der Waals surface area contributed by atoms with Crippen LogP contribution in [0.5, 0.6) is 0 Å². The highest BCUT2D eigenvalue weighted by molar-refractivity contribution is 7.09. The van der Waals surface area contributed by atoms with E-state index in [1.807, 2.05) is 29.6 Å². The van der Waals surface area contributed by atoms with Crippen LogP contribution < -0.4 is 5.32 Å².